The predicted octanol–water partition coefficient (Wildman–Crippen LogP) is 3.63. The van der Waals surface area contributed by atoms with E-state index >= 15 is 0 Å². The number of phenols is 1. The van der Waals surface area contributed by atoms with Gasteiger partial charge in [-0.1, -0.05) is 12.0 Å². The highest BCUT2D eigenvalue weighted by atomic mass is 19.1. The number of carbonyl (C=O) groups excluding carboxylic acids is 2. The molecule has 0 amide bonds. The number of aromatic hydroxyl groups is 1. The molecule has 8 rings (SSSR count). The minimum atomic E-state index is -0.630. The molecule has 0 radical (unpaired) electrons. The lowest BCUT2D eigenvalue weighted by Gasteiger charge is -2.35. The number of rotatable bonds is 9. The number of ether oxygens (including phenoxy) is 1. The molecular weight excluding hydrogens is 605 g/mol. The van der Waals surface area contributed by atoms with Gasteiger partial charge in [-0.3, -0.25) is 9.59 Å². The molecule has 3 atom stereocenters. The molecule has 3 aliphatic heterocycles. The molecule has 4 aliphatic rings. The van der Waals surface area contributed by atoms with Crippen LogP contribution in [-0.2, 0) is 9.63 Å². The Morgan fingerprint density at radius 1 is 1.11 bits per heavy atom. The van der Waals surface area contributed by atoms with Crippen LogP contribution in [0.4, 0.5) is 10.2 Å². The van der Waals surface area contributed by atoms with Crippen LogP contribution in [0.15, 0.2) is 24.3 Å². The lowest BCUT2D eigenvalue weighted by molar-refractivity contribution is -0.180. The highest BCUT2D eigenvalue weighted by molar-refractivity contribution is 6.17. The normalized spacial score (nSPS) is 22.8. The van der Waals surface area contributed by atoms with Crippen molar-refractivity contribution in [3.05, 3.63) is 47.0 Å². The number of fused-ring (bicyclic) bond motifs is 4. The van der Waals surface area contributed by atoms with Gasteiger partial charge in [0.05, 0.1) is 11.6 Å². The van der Waals surface area contributed by atoms with E-state index in [9.17, 15) is 19.1 Å². The van der Waals surface area contributed by atoms with Crippen LogP contribution in [0.1, 0.15) is 72.7 Å². The number of piperazine rings is 1. The zero-order valence-corrected chi connectivity index (χ0v) is 25.7. The number of hydrogen-bond acceptors (Lipinski definition) is 11. The Balaban J connectivity index is 1.28. The van der Waals surface area contributed by atoms with Crippen molar-refractivity contribution in [2.24, 2.45) is 0 Å². The molecule has 2 N–H and O–H groups in total. The average Bonchev–Trinajstić information content (AvgIpc) is 3.75. The Labute approximate surface area is 269 Å². The van der Waals surface area contributed by atoms with Crippen molar-refractivity contribution in [2.45, 2.75) is 69.1 Å². The quantitative estimate of drug-likeness (QED) is 0.158. The summed E-state index contributed by atoms with van der Waals surface area (Å²) in [6.45, 7) is 2.70. The summed E-state index contributed by atoms with van der Waals surface area (Å²) in [4.78, 5) is 47.4. The minimum Gasteiger partial charge on any atom is -0.508 e. The number of nitrogens with one attached hydrogen (secondary N) is 1. The van der Waals surface area contributed by atoms with Crippen LogP contribution in [0.25, 0.3) is 21.9 Å². The number of aromatic nitrogens is 4. The highest BCUT2D eigenvalue weighted by Crippen LogP contribution is 2.41. The first-order valence-electron chi connectivity index (χ1n) is 16.2. The number of hydrogen-bond donors (Lipinski definition) is 2. The summed E-state index contributed by atoms with van der Waals surface area (Å²) in [7, 11) is 0. The molecule has 4 aromatic rings. The fourth-order valence-electron chi connectivity index (χ4n) is 7.59. The zero-order chi connectivity index (χ0) is 32.2. The van der Waals surface area contributed by atoms with Gasteiger partial charge in [-0.2, -0.15) is 9.97 Å². The summed E-state index contributed by atoms with van der Waals surface area (Å²) in [5, 5.41) is 16.6. The molecule has 13 heteroatoms. The molecule has 5 heterocycles. The lowest BCUT2D eigenvalue weighted by Crippen LogP contribution is -2.51. The van der Waals surface area contributed by atoms with Crippen molar-refractivity contribution in [1.29, 1.82) is 0 Å². The molecule has 12 nitrogen and oxygen atoms in total. The minimum absolute atomic E-state index is 0.0207. The Kier molecular flexibility index (Phi) is 7.41. The van der Waals surface area contributed by atoms with Crippen molar-refractivity contribution in [1.82, 2.24) is 29.9 Å². The highest BCUT2D eigenvalue weighted by Gasteiger charge is 2.37. The Morgan fingerprint density at radius 3 is 2.64 bits per heavy atom. The van der Waals surface area contributed by atoms with E-state index in [4.69, 9.17) is 30.9 Å². The largest absolute Gasteiger partial charge is 0.508 e. The summed E-state index contributed by atoms with van der Waals surface area (Å²) in [6.07, 6.45) is 12.2. The van der Waals surface area contributed by atoms with Crippen molar-refractivity contribution in [2.75, 3.05) is 31.1 Å². The van der Waals surface area contributed by atoms with Gasteiger partial charge in [0.2, 0.25) is 5.78 Å². The molecule has 47 heavy (non-hydrogen) atoms. The maximum atomic E-state index is 14.9. The zero-order valence-electron chi connectivity index (χ0n) is 25.7. The number of nitrogens with zero attached hydrogens (tertiary/aromatic N) is 6. The van der Waals surface area contributed by atoms with E-state index in [0.717, 1.165) is 58.0 Å². The molecule has 0 spiro atoms. The fraction of sp³-hybridized carbons (Fsp3) is 0.441. The van der Waals surface area contributed by atoms with E-state index in [1.165, 1.54) is 24.3 Å². The maximum Gasteiger partial charge on any atom is 0.320 e. The molecule has 1 saturated carbocycles. The molecule has 2 aromatic heterocycles. The summed E-state index contributed by atoms with van der Waals surface area (Å²) in [5.74, 6) is 1.88. The number of imidazole rings is 1. The number of halogens is 1. The molecule has 1 aliphatic carbocycles. The third kappa shape index (κ3) is 5.12. The van der Waals surface area contributed by atoms with Gasteiger partial charge in [-0.15, -0.1) is 11.5 Å². The number of ketones is 1. The van der Waals surface area contributed by atoms with E-state index < -0.39 is 11.6 Å². The van der Waals surface area contributed by atoms with Crippen molar-refractivity contribution in [3.8, 4) is 24.1 Å². The first-order valence-corrected chi connectivity index (χ1v) is 16.2. The monoisotopic (exact) mass is 639 g/mol. The van der Waals surface area contributed by atoms with Gasteiger partial charge in [0.1, 0.15) is 23.7 Å². The predicted molar refractivity (Wildman–Crippen MR) is 170 cm³/mol. The first-order chi connectivity index (χ1) is 22.9. The molecule has 3 saturated heterocycles. The molecule has 2 bridgehead atoms. The summed E-state index contributed by atoms with van der Waals surface area (Å²) in [5.41, 5.74) is 0.966. The molecular formula is C34H34FN7O5. The number of anilines is 1. The van der Waals surface area contributed by atoms with Gasteiger partial charge in [-0.25, -0.2) is 9.37 Å². The molecule has 2 unspecified atom stereocenters. The first kappa shape index (κ1) is 29.6. The standard InChI is InChI=1S/C34H34FN7O5/c1-2-25-27(35)11-8-19-13-24(44)14-26(28(19)25)30(45)33-37-31-29(42(33)22-5-3-6-22)32(40-15-20-9-10-21(16-40)36-20)39-34(38-31)46-17-23-7-4-12-41(23)47-18-43/h1,8,11,13-14,18,20-23,36,44H,3-7,9-10,12,15-17H2/t20?,21?,23-/m0/s1. The Morgan fingerprint density at radius 2 is 1.91 bits per heavy atom. The van der Waals surface area contributed by atoms with Crippen molar-refractivity contribution < 1.29 is 28.7 Å². The van der Waals surface area contributed by atoms with Crippen LogP contribution in [0.2, 0.25) is 0 Å². The second kappa shape index (κ2) is 11.8. The summed E-state index contributed by atoms with van der Waals surface area (Å²) < 4.78 is 23.0. The van der Waals surface area contributed by atoms with E-state index in [1.807, 2.05) is 4.57 Å². The van der Waals surface area contributed by atoms with Gasteiger partial charge in [-0.05, 0) is 68.5 Å². The van der Waals surface area contributed by atoms with Crippen molar-refractivity contribution in [3.63, 3.8) is 0 Å². The summed E-state index contributed by atoms with van der Waals surface area (Å²) >= 11 is 0. The van der Waals surface area contributed by atoms with Crippen LogP contribution in [0, 0.1) is 18.2 Å². The molecule has 242 valence electrons. The Bertz CT molecular complexity index is 1940. The smallest absolute Gasteiger partial charge is 0.320 e. The van der Waals surface area contributed by atoms with E-state index in [-0.39, 0.29) is 52.8 Å². The molecule has 2 aromatic carbocycles. The lowest BCUT2D eigenvalue weighted by atomic mass is 9.91. The van der Waals surface area contributed by atoms with Crippen LogP contribution in [0.3, 0.4) is 0 Å². The van der Waals surface area contributed by atoms with Gasteiger partial charge in [0, 0.05) is 48.7 Å². The number of terminal acetylenes is 1. The van der Waals surface area contributed by atoms with Gasteiger partial charge in [0.25, 0.3) is 0 Å². The number of phenolic OH excluding ortho intramolecular Hbond substituents is 1. The van der Waals surface area contributed by atoms with E-state index in [0.29, 0.717) is 47.5 Å². The van der Waals surface area contributed by atoms with Gasteiger partial charge < -0.3 is 29.5 Å². The third-order valence-corrected chi connectivity index (χ3v) is 10.0. The number of hydroxylamine groups is 2. The van der Waals surface area contributed by atoms with Crippen LogP contribution in [-0.4, -0.2) is 86.3 Å². The van der Waals surface area contributed by atoms with Crippen LogP contribution < -0.4 is 15.0 Å². The third-order valence-electron chi connectivity index (χ3n) is 10.0. The van der Waals surface area contributed by atoms with Gasteiger partial charge >= 0.3 is 12.5 Å². The summed E-state index contributed by atoms with van der Waals surface area (Å²) in [6, 6.07) is 6.08. The number of carbonyl (C=O) groups is 2. The topological polar surface area (TPSA) is 135 Å². The van der Waals surface area contributed by atoms with Crippen LogP contribution >= 0.6 is 0 Å². The van der Waals surface area contributed by atoms with Gasteiger partial charge in [0.15, 0.2) is 17.3 Å². The van der Waals surface area contributed by atoms with E-state index in [1.54, 1.807) is 5.06 Å². The second-order valence-corrected chi connectivity index (χ2v) is 12.9. The SMILES string of the molecule is C#Cc1c(F)ccc2cc(O)cc(C(=O)c3nc4nc(OC[C@@H]5CCCN5OC=O)nc(N5CC6CCC(C5)N6)c4n3C3CCC3)c12. The van der Waals surface area contributed by atoms with E-state index in [2.05, 4.69) is 16.1 Å². The van der Waals surface area contributed by atoms with Crippen molar-refractivity contribution >= 4 is 40.0 Å². The van der Waals surface area contributed by atoms with Crippen LogP contribution in [0.5, 0.6) is 11.8 Å². The average molecular weight is 640 g/mol. The Hall–Kier alpha value is -4.80. The number of benzene rings is 2. The second-order valence-electron chi connectivity index (χ2n) is 12.9. The fourth-order valence-corrected chi connectivity index (χ4v) is 7.59. The molecule has 4 fully saturated rings. The maximum absolute atomic E-state index is 14.9.